The van der Waals surface area contributed by atoms with Crippen LogP contribution in [0.3, 0.4) is 0 Å². The number of nitrogens with zero attached hydrogens (tertiary/aromatic N) is 2. The summed E-state index contributed by atoms with van der Waals surface area (Å²) in [5, 5.41) is 33.1. The summed E-state index contributed by atoms with van der Waals surface area (Å²) in [7, 11) is 0. The Balaban J connectivity index is 1.63. The molecule has 5 aromatic carbocycles. The quantitative estimate of drug-likeness (QED) is 0.178. The van der Waals surface area contributed by atoms with E-state index in [-0.39, 0.29) is 11.3 Å². The van der Waals surface area contributed by atoms with Gasteiger partial charge in [-0.15, -0.1) is 0 Å². The normalized spacial score (nSPS) is 12.2. The number of phenols is 1. The first-order valence-electron chi connectivity index (χ1n) is 14.0. The van der Waals surface area contributed by atoms with Crippen molar-refractivity contribution in [2.75, 3.05) is 0 Å². The molecule has 0 fully saturated rings. The third-order valence-electron chi connectivity index (χ3n) is 7.95. The number of hydrogen-bond donors (Lipinski definition) is 2. The lowest BCUT2D eigenvalue weighted by Crippen LogP contribution is -2.12. The second-order valence-corrected chi connectivity index (χ2v) is 12.6. The van der Waals surface area contributed by atoms with Crippen molar-refractivity contribution in [2.24, 2.45) is 5.73 Å². The Labute approximate surface area is 287 Å². The summed E-state index contributed by atoms with van der Waals surface area (Å²) < 4.78 is 0. The topological polar surface area (TPSA) is 111 Å². The standard InChI is InChI=1S/C37H25Cl4N3O2/c1-19-11-28(32(17-42)21-3-7-24(38)8-4-21)34(40)15-26(19)23-13-30(36(45)31(14-23)37(44)46)27-16-35(41)29(12-20(27)2)33(18-43)22-5-9-25(39)10-6-22/h3-16,32-33,45H,1-2H3,(H2,44,46). The van der Waals surface area contributed by atoms with Gasteiger partial charge in [-0.05, 0) is 112 Å². The Bertz CT molecular complexity index is 2080. The number of primary amides is 1. The molecule has 0 aliphatic heterocycles. The molecule has 0 aromatic heterocycles. The molecule has 0 saturated carbocycles. The van der Waals surface area contributed by atoms with E-state index < -0.39 is 17.7 Å². The van der Waals surface area contributed by atoms with Crippen LogP contribution in [0.4, 0.5) is 0 Å². The monoisotopic (exact) mass is 683 g/mol. The molecule has 3 N–H and O–H groups in total. The number of halogens is 4. The van der Waals surface area contributed by atoms with Crippen LogP contribution in [0.1, 0.15) is 55.6 Å². The summed E-state index contributed by atoms with van der Waals surface area (Å²) in [6.45, 7) is 3.70. The average molecular weight is 685 g/mol. The fraction of sp³-hybridized carbons (Fsp3) is 0.108. The molecule has 0 aliphatic carbocycles. The minimum absolute atomic E-state index is 0.0844. The summed E-state index contributed by atoms with van der Waals surface area (Å²) in [5.74, 6) is -2.42. The van der Waals surface area contributed by atoms with Crippen LogP contribution in [0, 0.1) is 36.5 Å². The molecule has 228 valence electrons. The maximum Gasteiger partial charge on any atom is 0.252 e. The first kappa shape index (κ1) is 32.9. The molecule has 1 amide bonds. The molecular formula is C37H25Cl4N3O2. The highest BCUT2D eigenvalue weighted by Crippen LogP contribution is 2.43. The second kappa shape index (κ2) is 13.5. The van der Waals surface area contributed by atoms with E-state index in [4.69, 9.17) is 52.1 Å². The van der Waals surface area contributed by atoms with E-state index in [1.54, 1.807) is 72.8 Å². The van der Waals surface area contributed by atoms with E-state index >= 15 is 0 Å². The van der Waals surface area contributed by atoms with E-state index in [2.05, 4.69) is 12.1 Å². The summed E-state index contributed by atoms with van der Waals surface area (Å²) in [6, 6.07) is 28.9. The first-order valence-corrected chi connectivity index (χ1v) is 15.5. The Morgan fingerprint density at radius 2 is 1.11 bits per heavy atom. The van der Waals surface area contributed by atoms with Gasteiger partial charge in [0.2, 0.25) is 0 Å². The fourth-order valence-corrected chi connectivity index (χ4v) is 6.39. The van der Waals surface area contributed by atoms with E-state index in [9.17, 15) is 20.4 Å². The van der Waals surface area contributed by atoms with Crippen molar-refractivity contribution in [3.05, 3.63) is 144 Å². The van der Waals surface area contributed by atoms with Gasteiger partial charge in [-0.25, -0.2) is 0 Å². The molecule has 5 nitrogen and oxygen atoms in total. The van der Waals surface area contributed by atoms with Gasteiger partial charge in [-0.2, -0.15) is 10.5 Å². The van der Waals surface area contributed by atoms with E-state index in [0.29, 0.717) is 59.0 Å². The molecule has 0 saturated heterocycles. The van der Waals surface area contributed by atoms with Gasteiger partial charge in [0.15, 0.2) is 0 Å². The zero-order valence-corrected chi connectivity index (χ0v) is 27.6. The highest BCUT2D eigenvalue weighted by molar-refractivity contribution is 6.32. The molecule has 46 heavy (non-hydrogen) atoms. The van der Waals surface area contributed by atoms with Crippen LogP contribution >= 0.6 is 46.4 Å². The van der Waals surface area contributed by atoms with Gasteiger partial charge in [0.25, 0.3) is 5.91 Å². The smallest absolute Gasteiger partial charge is 0.252 e. The molecule has 0 spiro atoms. The fourth-order valence-electron chi connectivity index (χ4n) is 5.59. The predicted molar refractivity (Wildman–Crippen MR) is 185 cm³/mol. The highest BCUT2D eigenvalue weighted by Gasteiger charge is 2.24. The number of rotatable bonds is 7. The van der Waals surface area contributed by atoms with Crippen molar-refractivity contribution in [3.63, 3.8) is 0 Å². The third kappa shape index (κ3) is 6.42. The molecule has 0 radical (unpaired) electrons. The van der Waals surface area contributed by atoms with Crippen LogP contribution in [-0.4, -0.2) is 11.0 Å². The summed E-state index contributed by atoms with van der Waals surface area (Å²) >= 11 is 25.7. The minimum atomic E-state index is -0.819. The minimum Gasteiger partial charge on any atom is -0.506 e. The number of carbonyl (C=O) groups is 1. The van der Waals surface area contributed by atoms with Gasteiger partial charge in [0.1, 0.15) is 5.75 Å². The number of benzene rings is 5. The maximum absolute atomic E-state index is 12.5. The third-order valence-corrected chi connectivity index (χ3v) is 9.11. The highest BCUT2D eigenvalue weighted by atomic mass is 35.5. The Morgan fingerprint density at radius 1 is 0.674 bits per heavy atom. The van der Waals surface area contributed by atoms with Crippen LogP contribution in [0.5, 0.6) is 5.75 Å². The van der Waals surface area contributed by atoms with Crippen LogP contribution < -0.4 is 5.73 Å². The lowest BCUT2D eigenvalue weighted by atomic mass is 9.86. The maximum atomic E-state index is 12.5. The first-order chi connectivity index (χ1) is 21.9. The lowest BCUT2D eigenvalue weighted by Gasteiger charge is -2.19. The largest absolute Gasteiger partial charge is 0.506 e. The molecule has 0 bridgehead atoms. The van der Waals surface area contributed by atoms with Crippen molar-refractivity contribution >= 4 is 52.3 Å². The molecular weight excluding hydrogens is 660 g/mol. The van der Waals surface area contributed by atoms with E-state index in [1.165, 1.54) is 6.07 Å². The number of nitrogens with two attached hydrogens (primary N) is 1. The van der Waals surface area contributed by atoms with Crippen LogP contribution in [0.25, 0.3) is 22.3 Å². The van der Waals surface area contributed by atoms with Gasteiger partial charge < -0.3 is 10.8 Å². The molecule has 9 heteroatoms. The van der Waals surface area contributed by atoms with Gasteiger partial charge >= 0.3 is 0 Å². The Morgan fingerprint density at radius 3 is 1.54 bits per heavy atom. The molecule has 5 aromatic rings. The summed E-state index contributed by atoms with van der Waals surface area (Å²) in [5.41, 5.74) is 11.9. The van der Waals surface area contributed by atoms with Gasteiger partial charge in [0, 0.05) is 25.7 Å². The Hall–Kier alpha value is -4.49. The molecule has 5 rings (SSSR count). The number of hydrogen-bond acceptors (Lipinski definition) is 4. The van der Waals surface area contributed by atoms with Gasteiger partial charge in [0.05, 0.1) is 29.5 Å². The SMILES string of the molecule is Cc1cc(C(C#N)c2ccc(Cl)cc2)c(Cl)cc1-c1cc(C(N)=O)c(O)c(-c2cc(Cl)c(C(C#N)c3ccc(Cl)cc3)cc2C)c1. The van der Waals surface area contributed by atoms with Gasteiger partial charge in [-0.1, -0.05) is 82.8 Å². The van der Waals surface area contributed by atoms with Crippen molar-refractivity contribution < 1.29 is 9.90 Å². The summed E-state index contributed by atoms with van der Waals surface area (Å²) in [4.78, 5) is 12.5. The van der Waals surface area contributed by atoms with Crippen molar-refractivity contribution in [1.82, 2.24) is 0 Å². The number of aromatic hydroxyl groups is 1. The molecule has 0 aliphatic rings. The zero-order valence-electron chi connectivity index (χ0n) is 24.6. The average Bonchev–Trinajstić information content (AvgIpc) is 3.02. The number of nitriles is 2. The van der Waals surface area contributed by atoms with Crippen LogP contribution in [0.2, 0.25) is 20.1 Å². The molecule has 2 unspecified atom stereocenters. The lowest BCUT2D eigenvalue weighted by molar-refractivity contribution is 0.0998. The van der Waals surface area contributed by atoms with Crippen molar-refractivity contribution in [2.45, 2.75) is 25.7 Å². The number of amides is 1. The van der Waals surface area contributed by atoms with E-state index in [1.807, 2.05) is 19.9 Å². The van der Waals surface area contributed by atoms with Crippen molar-refractivity contribution in [1.29, 1.82) is 10.5 Å². The van der Waals surface area contributed by atoms with Crippen LogP contribution in [0.15, 0.2) is 84.9 Å². The van der Waals surface area contributed by atoms with Crippen molar-refractivity contribution in [3.8, 4) is 40.1 Å². The zero-order chi connectivity index (χ0) is 33.3. The van der Waals surface area contributed by atoms with Crippen LogP contribution in [-0.2, 0) is 0 Å². The van der Waals surface area contributed by atoms with Gasteiger partial charge in [-0.3, -0.25) is 4.79 Å². The molecule has 0 heterocycles. The van der Waals surface area contributed by atoms with E-state index in [0.717, 1.165) is 16.7 Å². The molecule has 2 atom stereocenters. The number of carbonyl (C=O) groups excluding carboxylic acids is 1. The number of aryl methyl sites for hydroxylation is 2. The second-order valence-electron chi connectivity index (χ2n) is 10.9. The summed E-state index contributed by atoms with van der Waals surface area (Å²) in [6.07, 6.45) is 0. The predicted octanol–water partition coefficient (Wildman–Crippen LogP) is 10.4. The Kier molecular flexibility index (Phi) is 9.63.